The van der Waals surface area contributed by atoms with E-state index in [1.54, 1.807) is 11.1 Å². The zero-order chi connectivity index (χ0) is 14.1. The van der Waals surface area contributed by atoms with Gasteiger partial charge in [0.25, 0.3) is 0 Å². The van der Waals surface area contributed by atoms with Crippen molar-refractivity contribution in [3.8, 4) is 0 Å². The van der Waals surface area contributed by atoms with Crippen molar-refractivity contribution in [3.05, 3.63) is 22.8 Å². The molecule has 2 aliphatic rings. The van der Waals surface area contributed by atoms with E-state index in [0.717, 1.165) is 12.5 Å². The third-order valence-corrected chi connectivity index (χ3v) is 4.66. The van der Waals surface area contributed by atoms with Gasteiger partial charge in [-0.25, -0.2) is 0 Å². The maximum absolute atomic E-state index is 3.80. The monoisotopic (exact) mass is 272 g/mol. The second kappa shape index (κ2) is 5.67. The van der Waals surface area contributed by atoms with E-state index in [9.17, 15) is 0 Å². The van der Waals surface area contributed by atoms with E-state index in [1.165, 1.54) is 55.5 Å². The van der Waals surface area contributed by atoms with Crippen LogP contribution in [0.5, 0.6) is 0 Å². The Bertz CT molecular complexity index is 491. The van der Waals surface area contributed by atoms with E-state index in [1.807, 2.05) is 0 Å². The van der Waals surface area contributed by atoms with Gasteiger partial charge < -0.3 is 10.6 Å². The van der Waals surface area contributed by atoms with Crippen LogP contribution in [0.1, 0.15) is 56.7 Å². The molecule has 1 atom stereocenters. The van der Waals surface area contributed by atoms with Crippen molar-refractivity contribution in [2.75, 3.05) is 17.2 Å². The summed E-state index contributed by atoms with van der Waals surface area (Å²) in [6, 6.07) is 2.99. The zero-order valence-electron chi connectivity index (χ0n) is 13.2. The minimum atomic E-state index is 0.563. The lowest BCUT2D eigenvalue weighted by atomic mass is 9.87. The molecular formula is C18H28N2. The molecule has 1 aromatic rings. The highest BCUT2D eigenvalue weighted by molar-refractivity contribution is 5.72. The van der Waals surface area contributed by atoms with Gasteiger partial charge in [0.15, 0.2) is 0 Å². The number of rotatable bonds is 4. The molecule has 0 saturated carbocycles. The van der Waals surface area contributed by atoms with E-state index in [4.69, 9.17) is 0 Å². The van der Waals surface area contributed by atoms with E-state index >= 15 is 0 Å². The molecule has 1 heterocycles. The number of benzene rings is 1. The van der Waals surface area contributed by atoms with Crippen LogP contribution in [0.25, 0.3) is 0 Å². The summed E-state index contributed by atoms with van der Waals surface area (Å²) < 4.78 is 0. The minimum absolute atomic E-state index is 0.563. The lowest BCUT2D eigenvalue weighted by Crippen LogP contribution is -2.20. The van der Waals surface area contributed by atoms with Crippen LogP contribution in [0.2, 0.25) is 0 Å². The molecule has 1 aliphatic heterocycles. The van der Waals surface area contributed by atoms with Gasteiger partial charge in [-0.05, 0) is 74.1 Å². The number of hydrogen-bond donors (Lipinski definition) is 2. The Morgan fingerprint density at radius 1 is 1.10 bits per heavy atom. The van der Waals surface area contributed by atoms with Crippen LogP contribution in [0.3, 0.4) is 0 Å². The van der Waals surface area contributed by atoms with Crippen molar-refractivity contribution in [1.29, 1.82) is 0 Å². The summed E-state index contributed by atoms with van der Waals surface area (Å²) in [4.78, 5) is 0. The molecule has 2 nitrogen and oxygen atoms in total. The third-order valence-electron chi connectivity index (χ3n) is 4.66. The molecule has 2 heteroatoms. The first-order valence-electron chi connectivity index (χ1n) is 8.33. The molecule has 1 unspecified atom stereocenters. The van der Waals surface area contributed by atoms with Gasteiger partial charge in [-0.1, -0.05) is 13.8 Å². The predicted octanol–water partition coefficient (Wildman–Crippen LogP) is 4.38. The quantitative estimate of drug-likeness (QED) is 0.850. The molecule has 0 bridgehead atoms. The molecule has 20 heavy (non-hydrogen) atoms. The maximum atomic E-state index is 3.80. The Kier molecular flexibility index (Phi) is 3.91. The van der Waals surface area contributed by atoms with Crippen molar-refractivity contribution >= 4 is 11.4 Å². The molecule has 2 N–H and O–H groups in total. The molecule has 110 valence electrons. The summed E-state index contributed by atoms with van der Waals surface area (Å²) >= 11 is 0. The smallest absolute Gasteiger partial charge is 0.0410 e. The normalized spacial score (nSPS) is 18.4. The molecule has 0 fully saturated rings. The summed E-state index contributed by atoms with van der Waals surface area (Å²) in [5.41, 5.74) is 7.65. The first kappa shape index (κ1) is 13.8. The Morgan fingerprint density at radius 3 is 2.60 bits per heavy atom. The number of fused-ring (bicyclic) bond motifs is 3. The van der Waals surface area contributed by atoms with Gasteiger partial charge in [-0.3, -0.25) is 0 Å². The number of anilines is 2. The van der Waals surface area contributed by atoms with Gasteiger partial charge in [0.2, 0.25) is 0 Å². The van der Waals surface area contributed by atoms with Gasteiger partial charge in [0.05, 0.1) is 0 Å². The van der Waals surface area contributed by atoms with E-state index in [2.05, 4.69) is 37.5 Å². The Balaban J connectivity index is 1.90. The molecule has 0 amide bonds. The highest BCUT2D eigenvalue weighted by Gasteiger charge is 2.23. The van der Waals surface area contributed by atoms with Crippen LogP contribution in [0, 0.1) is 5.92 Å². The summed E-state index contributed by atoms with van der Waals surface area (Å²) in [5.74, 6) is 0.754. The van der Waals surface area contributed by atoms with Gasteiger partial charge in [-0.2, -0.15) is 0 Å². The number of hydrogen-bond acceptors (Lipinski definition) is 2. The van der Waals surface area contributed by atoms with Gasteiger partial charge in [0.1, 0.15) is 0 Å². The average molecular weight is 272 g/mol. The first-order chi connectivity index (χ1) is 9.65. The summed E-state index contributed by atoms with van der Waals surface area (Å²) in [6.45, 7) is 8.05. The van der Waals surface area contributed by atoms with Crippen molar-refractivity contribution in [3.63, 3.8) is 0 Å². The fourth-order valence-corrected chi connectivity index (χ4v) is 3.91. The van der Waals surface area contributed by atoms with E-state index in [0.29, 0.717) is 6.04 Å². The molecule has 0 spiro atoms. The Labute approximate surface area is 123 Å². The summed E-state index contributed by atoms with van der Waals surface area (Å²) in [5, 5.41) is 7.42. The largest absolute Gasteiger partial charge is 0.384 e. The molecule has 1 aliphatic carbocycles. The highest BCUT2D eigenvalue weighted by Crippen LogP contribution is 2.39. The lowest BCUT2D eigenvalue weighted by molar-refractivity contribution is 0.539. The van der Waals surface area contributed by atoms with E-state index in [-0.39, 0.29) is 0 Å². The van der Waals surface area contributed by atoms with Crippen LogP contribution in [-0.2, 0) is 19.3 Å². The SMILES string of the molecule is CC(C)CC(C)Nc1cc2c(c3c1CCCC3)NCC2. The molecule has 0 radical (unpaired) electrons. The molecule has 0 aromatic heterocycles. The van der Waals surface area contributed by atoms with Crippen LogP contribution >= 0.6 is 0 Å². The van der Waals surface area contributed by atoms with Crippen molar-refractivity contribution in [2.24, 2.45) is 5.92 Å². The van der Waals surface area contributed by atoms with Crippen LogP contribution in [-0.4, -0.2) is 12.6 Å². The Hall–Kier alpha value is -1.18. The second-order valence-corrected chi connectivity index (χ2v) is 6.97. The fourth-order valence-electron chi connectivity index (χ4n) is 3.91. The van der Waals surface area contributed by atoms with Gasteiger partial charge >= 0.3 is 0 Å². The minimum Gasteiger partial charge on any atom is -0.384 e. The zero-order valence-corrected chi connectivity index (χ0v) is 13.2. The lowest BCUT2D eigenvalue weighted by Gasteiger charge is -2.26. The van der Waals surface area contributed by atoms with Crippen molar-refractivity contribution < 1.29 is 0 Å². The topological polar surface area (TPSA) is 24.1 Å². The van der Waals surface area contributed by atoms with Crippen LogP contribution < -0.4 is 10.6 Å². The van der Waals surface area contributed by atoms with Crippen molar-refractivity contribution in [2.45, 2.75) is 65.3 Å². The first-order valence-corrected chi connectivity index (χ1v) is 8.33. The van der Waals surface area contributed by atoms with Crippen LogP contribution in [0.15, 0.2) is 6.07 Å². The van der Waals surface area contributed by atoms with E-state index < -0.39 is 0 Å². The average Bonchev–Trinajstić information content (AvgIpc) is 2.86. The van der Waals surface area contributed by atoms with Crippen molar-refractivity contribution in [1.82, 2.24) is 0 Å². The Morgan fingerprint density at radius 2 is 1.85 bits per heavy atom. The summed E-state index contributed by atoms with van der Waals surface area (Å²) in [6.07, 6.45) is 7.64. The molecular weight excluding hydrogens is 244 g/mol. The molecule has 0 saturated heterocycles. The molecule has 1 aromatic carbocycles. The maximum Gasteiger partial charge on any atom is 0.0410 e. The standard InChI is InChI=1S/C18H28N2/c1-12(2)10-13(3)20-17-11-14-8-9-19-18(14)16-7-5-4-6-15(16)17/h11-13,19-20H,4-10H2,1-3H3. The fraction of sp³-hybridized carbons (Fsp3) is 0.667. The molecule has 3 rings (SSSR count). The summed E-state index contributed by atoms with van der Waals surface area (Å²) in [7, 11) is 0. The van der Waals surface area contributed by atoms with Crippen LogP contribution in [0.4, 0.5) is 11.4 Å². The third kappa shape index (κ3) is 2.65. The highest BCUT2D eigenvalue weighted by atomic mass is 14.9. The predicted molar refractivity (Wildman–Crippen MR) is 87.8 cm³/mol. The second-order valence-electron chi connectivity index (χ2n) is 6.97. The van der Waals surface area contributed by atoms with Gasteiger partial charge in [0, 0.05) is 24.0 Å². The van der Waals surface area contributed by atoms with Gasteiger partial charge in [-0.15, -0.1) is 0 Å². The number of nitrogens with one attached hydrogen (secondary N) is 2.